The van der Waals surface area contributed by atoms with Gasteiger partial charge < -0.3 is 0 Å². The number of nitrogens with zero attached hydrogens (tertiary/aromatic N) is 1. The second-order valence-electron chi connectivity index (χ2n) is 3.87. The molecule has 1 rings (SSSR count). The van der Waals surface area contributed by atoms with Crippen LogP contribution in [0.25, 0.3) is 0 Å². The van der Waals surface area contributed by atoms with Crippen molar-refractivity contribution in [3.8, 4) is 0 Å². The maximum absolute atomic E-state index is 4.49. The molecule has 0 bridgehead atoms. The van der Waals surface area contributed by atoms with Gasteiger partial charge in [0, 0.05) is 0 Å². The summed E-state index contributed by atoms with van der Waals surface area (Å²) in [5, 5.41) is 0. The molecule has 64 valence electrons. The predicted molar refractivity (Wildman–Crippen MR) is 50.1 cm³/mol. The minimum absolute atomic E-state index is 0.615. The summed E-state index contributed by atoms with van der Waals surface area (Å²) in [5.41, 5.74) is 0. The Morgan fingerprint density at radius 1 is 1.27 bits per heavy atom. The normalized spacial score (nSPS) is 39.7. The molecule has 0 spiro atoms. The minimum atomic E-state index is 0.615. The maximum atomic E-state index is 4.49. The van der Waals surface area contributed by atoms with Gasteiger partial charge in [-0.15, -0.1) is 0 Å². The molecule has 1 aliphatic carbocycles. The summed E-state index contributed by atoms with van der Waals surface area (Å²) in [6.07, 6.45) is 6.02. The molecule has 0 radical (unpaired) electrons. The third kappa shape index (κ3) is 2.32. The Morgan fingerprint density at radius 2 is 2.00 bits per heavy atom. The fraction of sp³-hybridized carbons (Fsp3) is 0.900. The van der Waals surface area contributed by atoms with E-state index in [1.165, 1.54) is 19.3 Å². The zero-order valence-corrected chi connectivity index (χ0v) is 7.88. The van der Waals surface area contributed by atoms with E-state index in [1.54, 1.807) is 0 Å². The summed E-state index contributed by atoms with van der Waals surface area (Å²) in [4.78, 5) is 4.49. The first-order valence-electron chi connectivity index (χ1n) is 4.71. The Balaban J connectivity index is 2.47. The lowest BCUT2D eigenvalue weighted by molar-refractivity contribution is 0.268. The van der Waals surface area contributed by atoms with Gasteiger partial charge in [0.1, 0.15) is 0 Å². The molecule has 0 aliphatic heterocycles. The van der Waals surface area contributed by atoms with Crippen LogP contribution >= 0.6 is 0 Å². The molecule has 0 saturated heterocycles. The monoisotopic (exact) mass is 153 g/mol. The number of hydrogen-bond donors (Lipinski definition) is 0. The summed E-state index contributed by atoms with van der Waals surface area (Å²) in [6.45, 7) is 6.68. The third-order valence-electron chi connectivity index (χ3n) is 2.76. The standard InChI is InChI=1S/C10H19N/c1-4-11-10-7-8(2)5-6-9(10)3/h4,8-10H,5-7H2,1-3H3. The Labute approximate surface area is 69.9 Å². The lowest BCUT2D eigenvalue weighted by atomic mass is 9.80. The van der Waals surface area contributed by atoms with Gasteiger partial charge in [0.05, 0.1) is 6.04 Å². The molecule has 0 aromatic carbocycles. The van der Waals surface area contributed by atoms with Crippen LogP contribution in [0.4, 0.5) is 0 Å². The molecule has 11 heavy (non-hydrogen) atoms. The van der Waals surface area contributed by atoms with Crippen molar-refractivity contribution in [1.82, 2.24) is 0 Å². The SMILES string of the molecule is CC=NC1CC(C)CCC1C. The zero-order valence-electron chi connectivity index (χ0n) is 7.88. The first-order chi connectivity index (χ1) is 5.24. The number of hydrogen-bond acceptors (Lipinski definition) is 1. The van der Waals surface area contributed by atoms with Gasteiger partial charge >= 0.3 is 0 Å². The average Bonchev–Trinajstić information content (AvgIpc) is 1.98. The van der Waals surface area contributed by atoms with Crippen LogP contribution in [0.3, 0.4) is 0 Å². The molecule has 0 N–H and O–H groups in total. The molecule has 1 nitrogen and oxygen atoms in total. The van der Waals surface area contributed by atoms with E-state index in [0.29, 0.717) is 6.04 Å². The van der Waals surface area contributed by atoms with E-state index in [9.17, 15) is 0 Å². The first-order valence-corrected chi connectivity index (χ1v) is 4.71. The Bertz CT molecular complexity index is 140. The van der Waals surface area contributed by atoms with Gasteiger partial charge in [-0.1, -0.05) is 20.3 Å². The van der Waals surface area contributed by atoms with Crippen molar-refractivity contribution in [3.63, 3.8) is 0 Å². The second-order valence-corrected chi connectivity index (χ2v) is 3.87. The van der Waals surface area contributed by atoms with Crippen LogP contribution < -0.4 is 0 Å². The Hall–Kier alpha value is -0.330. The van der Waals surface area contributed by atoms with Crippen LogP contribution in [-0.2, 0) is 0 Å². The van der Waals surface area contributed by atoms with E-state index in [2.05, 4.69) is 18.8 Å². The summed E-state index contributed by atoms with van der Waals surface area (Å²) >= 11 is 0. The smallest absolute Gasteiger partial charge is 0.0523 e. The molecule has 1 aliphatic rings. The van der Waals surface area contributed by atoms with Gasteiger partial charge in [-0.3, -0.25) is 4.99 Å². The van der Waals surface area contributed by atoms with E-state index in [-0.39, 0.29) is 0 Å². The van der Waals surface area contributed by atoms with Crippen LogP contribution in [0.1, 0.15) is 40.0 Å². The number of rotatable bonds is 1. The number of aliphatic imine (C=N–C) groups is 1. The molecule has 0 aromatic rings. The van der Waals surface area contributed by atoms with E-state index >= 15 is 0 Å². The highest BCUT2D eigenvalue weighted by Crippen LogP contribution is 2.30. The molecular weight excluding hydrogens is 134 g/mol. The third-order valence-corrected chi connectivity index (χ3v) is 2.76. The summed E-state index contributed by atoms with van der Waals surface area (Å²) in [5.74, 6) is 1.70. The van der Waals surface area contributed by atoms with Crippen molar-refractivity contribution < 1.29 is 0 Å². The van der Waals surface area contributed by atoms with Gasteiger partial charge in [0.2, 0.25) is 0 Å². The van der Waals surface area contributed by atoms with Crippen LogP contribution in [-0.4, -0.2) is 12.3 Å². The molecular formula is C10H19N. The highest BCUT2D eigenvalue weighted by atomic mass is 14.8. The van der Waals surface area contributed by atoms with E-state index in [4.69, 9.17) is 0 Å². The molecule has 0 heterocycles. The molecule has 3 atom stereocenters. The van der Waals surface area contributed by atoms with Gasteiger partial charge in [0.15, 0.2) is 0 Å². The fourth-order valence-electron chi connectivity index (χ4n) is 1.90. The van der Waals surface area contributed by atoms with Gasteiger partial charge in [-0.2, -0.15) is 0 Å². The molecule has 0 amide bonds. The van der Waals surface area contributed by atoms with Crippen molar-refractivity contribution in [2.45, 2.75) is 46.1 Å². The molecule has 3 unspecified atom stereocenters. The molecule has 1 saturated carbocycles. The summed E-state index contributed by atoms with van der Waals surface area (Å²) in [6, 6.07) is 0.615. The van der Waals surface area contributed by atoms with Crippen molar-refractivity contribution in [1.29, 1.82) is 0 Å². The topological polar surface area (TPSA) is 12.4 Å². The van der Waals surface area contributed by atoms with Crippen LogP contribution in [0.15, 0.2) is 4.99 Å². The van der Waals surface area contributed by atoms with E-state index < -0.39 is 0 Å². The highest BCUT2D eigenvalue weighted by Gasteiger charge is 2.23. The quantitative estimate of drug-likeness (QED) is 0.514. The first kappa shape index (κ1) is 8.76. The van der Waals surface area contributed by atoms with E-state index in [1.807, 2.05) is 13.1 Å². The van der Waals surface area contributed by atoms with Crippen molar-refractivity contribution >= 4 is 6.21 Å². The minimum Gasteiger partial charge on any atom is -0.294 e. The highest BCUT2D eigenvalue weighted by molar-refractivity contribution is 5.53. The van der Waals surface area contributed by atoms with Crippen LogP contribution in [0.5, 0.6) is 0 Å². The largest absolute Gasteiger partial charge is 0.294 e. The predicted octanol–water partition coefficient (Wildman–Crippen LogP) is 2.90. The Kier molecular flexibility index (Phi) is 3.10. The second kappa shape index (κ2) is 3.89. The lowest BCUT2D eigenvalue weighted by Gasteiger charge is -2.29. The van der Waals surface area contributed by atoms with Gasteiger partial charge in [-0.05, 0) is 37.8 Å². The fourth-order valence-corrected chi connectivity index (χ4v) is 1.90. The van der Waals surface area contributed by atoms with E-state index in [0.717, 1.165) is 11.8 Å². The van der Waals surface area contributed by atoms with Gasteiger partial charge in [0.25, 0.3) is 0 Å². The molecule has 0 aromatic heterocycles. The van der Waals surface area contributed by atoms with Crippen molar-refractivity contribution in [2.24, 2.45) is 16.8 Å². The lowest BCUT2D eigenvalue weighted by Crippen LogP contribution is -2.24. The van der Waals surface area contributed by atoms with Crippen LogP contribution in [0.2, 0.25) is 0 Å². The molecule has 1 fully saturated rings. The van der Waals surface area contributed by atoms with Crippen molar-refractivity contribution in [3.05, 3.63) is 0 Å². The zero-order chi connectivity index (χ0) is 8.27. The van der Waals surface area contributed by atoms with Crippen molar-refractivity contribution in [2.75, 3.05) is 0 Å². The summed E-state index contributed by atoms with van der Waals surface area (Å²) < 4.78 is 0. The maximum Gasteiger partial charge on any atom is 0.0523 e. The Morgan fingerprint density at radius 3 is 2.64 bits per heavy atom. The average molecular weight is 153 g/mol. The molecule has 1 heteroatoms. The van der Waals surface area contributed by atoms with Crippen LogP contribution in [0, 0.1) is 11.8 Å². The summed E-state index contributed by atoms with van der Waals surface area (Å²) in [7, 11) is 0. The van der Waals surface area contributed by atoms with Gasteiger partial charge in [-0.25, -0.2) is 0 Å².